The predicted octanol–water partition coefficient (Wildman–Crippen LogP) is 3.17. The number of rotatable bonds is 8. The Labute approximate surface area is 151 Å². The third-order valence-corrected chi connectivity index (χ3v) is 4.06. The molecule has 0 spiro atoms. The van der Waals surface area contributed by atoms with Gasteiger partial charge in [-0.05, 0) is 47.8 Å². The molecule has 0 aliphatic heterocycles. The summed E-state index contributed by atoms with van der Waals surface area (Å²) in [5.41, 5.74) is 0.274. The first-order valence-corrected chi connectivity index (χ1v) is 8.56. The summed E-state index contributed by atoms with van der Waals surface area (Å²) in [6.07, 6.45) is 0. The van der Waals surface area contributed by atoms with Crippen LogP contribution in [-0.2, 0) is 9.53 Å². The van der Waals surface area contributed by atoms with E-state index in [1.54, 1.807) is 6.07 Å². The number of ether oxygens (including phenoxy) is 3. The van der Waals surface area contributed by atoms with Crippen molar-refractivity contribution >= 4 is 27.8 Å². The van der Waals surface area contributed by atoms with Crippen molar-refractivity contribution < 1.29 is 23.8 Å². The second kappa shape index (κ2) is 9.52. The fourth-order valence-electron chi connectivity index (χ4n) is 1.82. The van der Waals surface area contributed by atoms with Crippen LogP contribution in [0.15, 0.2) is 16.6 Å². The number of carbonyl (C=O) groups excluding carboxylic acids is 2. The predicted molar refractivity (Wildman–Crippen MR) is 94.6 cm³/mol. The number of hydrogen-bond donors (Lipinski definition) is 1. The summed E-state index contributed by atoms with van der Waals surface area (Å²) in [4.78, 5) is 23.9. The van der Waals surface area contributed by atoms with Gasteiger partial charge in [0.2, 0.25) is 0 Å². The minimum absolute atomic E-state index is 0.0101. The molecule has 0 unspecified atom stereocenters. The van der Waals surface area contributed by atoms with Crippen molar-refractivity contribution in [2.24, 2.45) is 5.92 Å². The lowest BCUT2D eigenvalue weighted by Crippen LogP contribution is -2.38. The lowest BCUT2D eigenvalue weighted by Gasteiger charge is -2.17. The molecule has 24 heavy (non-hydrogen) atoms. The van der Waals surface area contributed by atoms with Gasteiger partial charge in [-0.3, -0.25) is 4.79 Å². The van der Waals surface area contributed by atoms with E-state index in [0.717, 1.165) is 0 Å². The molecule has 1 atom stereocenters. The van der Waals surface area contributed by atoms with Crippen LogP contribution < -0.4 is 14.8 Å². The number of carbonyl (C=O) groups is 2. The Hall–Kier alpha value is -1.76. The van der Waals surface area contributed by atoms with Gasteiger partial charge in [0.1, 0.15) is 0 Å². The molecule has 0 radical (unpaired) electrons. The third kappa shape index (κ3) is 5.70. The quantitative estimate of drug-likeness (QED) is 0.677. The Morgan fingerprint density at radius 3 is 2.46 bits per heavy atom. The Morgan fingerprint density at radius 2 is 1.92 bits per heavy atom. The number of benzene rings is 1. The van der Waals surface area contributed by atoms with Gasteiger partial charge in [0.25, 0.3) is 5.91 Å². The normalized spacial score (nSPS) is 11.8. The van der Waals surface area contributed by atoms with Crippen molar-refractivity contribution in [3.8, 4) is 11.5 Å². The van der Waals surface area contributed by atoms with Gasteiger partial charge in [-0.25, -0.2) is 4.79 Å². The Kier molecular flexibility index (Phi) is 8.04. The van der Waals surface area contributed by atoms with Gasteiger partial charge in [-0.2, -0.15) is 0 Å². The highest BCUT2D eigenvalue weighted by molar-refractivity contribution is 9.10. The van der Waals surface area contributed by atoms with Crippen LogP contribution in [0.1, 0.15) is 38.1 Å². The van der Waals surface area contributed by atoms with Crippen molar-refractivity contribution in [3.05, 3.63) is 22.2 Å². The van der Waals surface area contributed by atoms with Crippen molar-refractivity contribution in [1.29, 1.82) is 0 Å². The fraction of sp³-hybridized carbons (Fsp3) is 0.529. The van der Waals surface area contributed by atoms with E-state index < -0.39 is 5.97 Å². The van der Waals surface area contributed by atoms with Crippen molar-refractivity contribution in [3.63, 3.8) is 0 Å². The molecule has 0 heterocycles. The molecule has 0 saturated heterocycles. The summed E-state index contributed by atoms with van der Waals surface area (Å²) in [5, 5.41) is 2.78. The molecule has 0 aliphatic carbocycles. The van der Waals surface area contributed by atoms with E-state index in [0.29, 0.717) is 28.5 Å². The first kappa shape index (κ1) is 20.3. The maximum atomic E-state index is 12.2. The van der Waals surface area contributed by atoms with Gasteiger partial charge in [0.05, 0.1) is 23.8 Å². The van der Waals surface area contributed by atoms with Crippen LogP contribution in [0.2, 0.25) is 0 Å². The van der Waals surface area contributed by atoms with Crippen molar-refractivity contribution in [2.75, 3.05) is 20.3 Å². The average Bonchev–Trinajstić information content (AvgIpc) is 2.52. The Bertz CT molecular complexity index is 589. The van der Waals surface area contributed by atoms with E-state index in [1.165, 1.54) is 13.2 Å². The minimum atomic E-state index is -0.605. The van der Waals surface area contributed by atoms with Crippen LogP contribution in [0.25, 0.3) is 0 Å². The number of nitrogens with one attached hydrogen (secondary N) is 1. The highest BCUT2D eigenvalue weighted by Crippen LogP contribution is 2.36. The zero-order valence-electron chi connectivity index (χ0n) is 14.6. The van der Waals surface area contributed by atoms with Crippen molar-refractivity contribution in [1.82, 2.24) is 5.32 Å². The molecule has 1 amide bonds. The van der Waals surface area contributed by atoms with E-state index in [2.05, 4.69) is 21.2 Å². The maximum absolute atomic E-state index is 12.2. The van der Waals surface area contributed by atoms with Gasteiger partial charge < -0.3 is 19.5 Å². The molecule has 0 bridgehead atoms. The molecule has 6 nitrogen and oxygen atoms in total. The second-order valence-corrected chi connectivity index (χ2v) is 6.45. The van der Waals surface area contributed by atoms with Gasteiger partial charge in [0, 0.05) is 6.04 Å². The Morgan fingerprint density at radius 1 is 1.25 bits per heavy atom. The molecule has 0 aliphatic rings. The monoisotopic (exact) mass is 401 g/mol. The van der Waals surface area contributed by atoms with E-state index >= 15 is 0 Å². The van der Waals surface area contributed by atoms with E-state index in [-0.39, 0.29) is 24.1 Å². The zero-order chi connectivity index (χ0) is 18.3. The first-order chi connectivity index (χ1) is 11.3. The summed E-state index contributed by atoms with van der Waals surface area (Å²) in [7, 11) is 1.51. The summed E-state index contributed by atoms with van der Waals surface area (Å²) < 4.78 is 16.3. The highest BCUT2D eigenvalue weighted by Gasteiger charge is 2.18. The largest absolute Gasteiger partial charge is 0.492 e. The molecule has 1 aromatic rings. The van der Waals surface area contributed by atoms with E-state index in [4.69, 9.17) is 14.2 Å². The van der Waals surface area contributed by atoms with Crippen molar-refractivity contribution in [2.45, 2.75) is 33.7 Å². The first-order valence-electron chi connectivity index (χ1n) is 7.76. The van der Waals surface area contributed by atoms with Crippen LogP contribution in [-0.4, -0.2) is 38.2 Å². The summed E-state index contributed by atoms with van der Waals surface area (Å²) >= 11 is 3.33. The molecule has 0 aromatic heterocycles. The zero-order valence-corrected chi connectivity index (χ0v) is 16.2. The molecule has 7 heteroatoms. The van der Waals surface area contributed by atoms with Crippen LogP contribution in [0, 0.1) is 5.92 Å². The molecule has 1 rings (SSSR count). The third-order valence-electron chi connectivity index (χ3n) is 3.47. The molecule has 134 valence electrons. The number of amides is 1. The SMILES string of the molecule is CCOc1cc(C(=O)OCC(=O)N[C@H](C)C(C)C)cc(Br)c1OC. The standard InChI is InChI=1S/C17H24BrNO5/c1-6-23-14-8-12(7-13(18)16(14)22-5)17(21)24-9-15(20)19-11(4)10(2)3/h7-8,10-11H,6,9H2,1-5H3,(H,19,20)/t11-/m1/s1. The summed E-state index contributed by atoms with van der Waals surface area (Å²) in [6, 6.07) is 3.11. The highest BCUT2D eigenvalue weighted by atomic mass is 79.9. The topological polar surface area (TPSA) is 73.9 Å². The minimum Gasteiger partial charge on any atom is -0.492 e. The molecular formula is C17H24BrNO5. The van der Waals surface area contributed by atoms with Gasteiger partial charge >= 0.3 is 5.97 Å². The average molecular weight is 402 g/mol. The lowest BCUT2D eigenvalue weighted by atomic mass is 10.1. The van der Waals surface area contributed by atoms with E-state index in [9.17, 15) is 9.59 Å². The van der Waals surface area contributed by atoms with Crippen LogP contribution >= 0.6 is 15.9 Å². The smallest absolute Gasteiger partial charge is 0.338 e. The lowest BCUT2D eigenvalue weighted by molar-refractivity contribution is -0.125. The number of halogens is 1. The second-order valence-electron chi connectivity index (χ2n) is 5.60. The molecule has 0 saturated carbocycles. The molecule has 0 fully saturated rings. The fourth-order valence-corrected chi connectivity index (χ4v) is 2.43. The number of esters is 1. The summed E-state index contributed by atoms with van der Waals surface area (Å²) in [5.74, 6) is 0.292. The maximum Gasteiger partial charge on any atom is 0.338 e. The van der Waals surface area contributed by atoms with Gasteiger partial charge in [-0.15, -0.1) is 0 Å². The molecule has 1 N–H and O–H groups in total. The van der Waals surface area contributed by atoms with E-state index in [1.807, 2.05) is 27.7 Å². The molecule has 1 aromatic carbocycles. The van der Waals surface area contributed by atoms with Crippen LogP contribution in [0.5, 0.6) is 11.5 Å². The van der Waals surface area contributed by atoms with Crippen LogP contribution in [0.4, 0.5) is 0 Å². The summed E-state index contributed by atoms with van der Waals surface area (Å²) in [6.45, 7) is 7.83. The Balaban J connectivity index is 2.76. The van der Waals surface area contributed by atoms with Gasteiger partial charge in [0.15, 0.2) is 18.1 Å². The number of methoxy groups -OCH3 is 1. The van der Waals surface area contributed by atoms with Crippen LogP contribution in [0.3, 0.4) is 0 Å². The number of hydrogen-bond acceptors (Lipinski definition) is 5. The molecular weight excluding hydrogens is 378 g/mol. The van der Waals surface area contributed by atoms with Gasteiger partial charge in [-0.1, -0.05) is 13.8 Å².